The molecule has 1 aliphatic rings. The van der Waals surface area contributed by atoms with Crippen molar-refractivity contribution in [2.24, 2.45) is 0 Å². The molecule has 1 N–H and O–H groups in total. The Kier molecular flexibility index (Phi) is 3.97. The zero-order chi connectivity index (χ0) is 14.7. The second-order valence-electron chi connectivity index (χ2n) is 5.43. The van der Waals surface area contributed by atoms with E-state index in [-0.39, 0.29) is 5.91 Å². The van der Waals surface area contributed by atoms with Crippen molar-refractivity contribution in [3.8, 4) is 11.1 Å². The molecule has 0 spiro atoms. The van der Waals surface area contributed by atoms with Crippen molar-refractivity contribution in [1.82, 2.24) is 15.2 Å². The topological polar surface area (TPSA) is 45.2 Å². The van der Waals surface area contributed by atoms with E-state index in [4.69, 9.17) is 0 Å². The highest BCUT2D eigenvalue weighted by Crippen LogP contribution is 2.19. The Morgan fingerprint density at radius 2 is 2.05 bits per heavy atom. The number of aromatic nitrogens is 1. The molecule has 1 unspecified atom stereocenters. The first-order chi connectivity index (χ1) is 10.2. The minimum Gasteiger partial charge on any atom is -0.336 e. The third-order valence-electron chi connectivity index (χ3n) is 3.75. The van der Waals surface area contributed by atoms with Gasteiger partial charge < -0.3 is 10.2 Å². The fourth-order valence-corrected chi connectivity index (χ4v) is 2.64. The Bertz CT molecular complexity index is 627. The molecule has 1 amide bonds. The Hall–Kier alpha value is -2.20. The summed E-state index contributed by atoms with van der Waals surface area (Å²) in [6.07, 6.45) is 3.45. The first-order valence-electron chi connectivity index (χ1n) is 7.27. The molecular weight excluding hydrogens is 262 g/mol. The number of hydrogen-bond acceptors (Lipinski definition) is 3. The lowest BCUT2D eigenvalue weighted by Crippen LogP contribution is -2.51. The van der Waals surface area contributed by atoms with Gasteiger partial charge in [0.2, 0.25) is 0 Å². The van der Waals surface area contributed by atoms with E-state index in [1.165, 1.54) is 0 Å². The SMILES string of the molecule is CC1CN(C(=O)c2cncc(-c3ccccc3)c2)CCN1. The number of carbonyl (C=O) groups excluding carboxylic acids is 1. The van der Waals surface area contributed by atoms with Gasteiger partial charge in [-0.15, -0.1) is 0 Å². The maximum Gasteiger partial charge on any atom is 0.255 e. The summed E-state index contributed by atoms with van der Waals surface area (Å²) < 4.78 is 0. The zero-order valence-electron chi connectivity index (χ0n) is 12.1. The van der Waals surface area contributed by atoms with Crippen molar-refractivity contribution in [3.63, 3.8) is 0 Å². The van der Waals surface area contributed by atoms with Gasteiger partial charge in [-0.3, -0.25) is 9.78 Å². The number of nitrogens with zero attached hydrogens (tertiary/aromatic N) is 2. The third kappa shape index (κ3) is 3.11. The average Bonchev–Trinajstić information content (AvgIpc) is 2.55. The van der Waals surface area contributed by atoms with Gasteiger partial charge in [-0.25, -0.2) is 0 Å². The lowest BCUT2D eigenvalue weighted by molar-refractivity contribution is 0.0708. The van der Waals surface area contributed by atoms with Crippen LogP contribution in [-0.4, -0.2) is 41.5 Å². The van der Waals surface area contributed by atoms with Gasteiger partial charge in [0.05, 0.1) is 5.56 Å². The van der Waals surface area contributed by atoms with E-state index < -0.39 is 0 Å². The Labute approximate surface area is 124 Å². The third-order valence-corrected chi connectivity index (χ3v) is 3.75. The summed E-state index contributed by atoms with van der Waals surface area (Å²) in [7, 11) is 0. The van der Waals surface area contributed by atoms with Crippen LogP contribution >= 0.6 is 0 Å². The molecule has 1 aromatic carbocycles. The quantitative estimate of drug-likeness (QED) is 0.917. The molecular formula is C17H19N3O. The summed E-state index contributed by atoms with van der Waals surface area (Å²) in [6.45, 7) is 4.43. The standard InChI is InChI=1S/C17H19N3O/c1-13-12-20(8-7-19-13)17(21)16-9-15(10-18-11-16)14-5-3-2-4-6-14/h2-6,9-11,13,19H,7-8,12H2,1H3. The zero-order valence-corrected chi connectivity index (χ0v) is 12.1. The highest BCUT2D eigenvalue weighted by Gasteiger charge is 2.22. The number of benzene rings is 1. The van der Waals surface area contributed by atoms with Crippen LogP contribution < -0.4 is 5.32 Å². The van der Waals surface area contributed by atoms with E-state index in [1.54, 1.807) is 12.4 Å². The molecule has 1 aliphatic heterocycles. The van der Waals surface area contributed by atoms with E-state index in [9.17, 15) is 4.79 Å². The summed E-state index contributed by atoms with van der Waals surface area (Å²) >= 11 is 0. The molecule has 1 fully saturated rings. The van der Waals surface area contributed by atoms with Gasteiger partial charge in [0.1, 0.15) is 0 Å². The Morgan fingerprint density at radius 3 is 2.81 bits per heavy atom. The van der Waals surface area contributed by atoms with Gasteiger partial charge in [0.15, 0.2) is 0 Å². The first-order valence-corrected chi connectivity index (χ1v) is 7.27. The van der Waals surface area contributed by atoms with Gasteiger partial charge >= 0.3 is 0 Å². The van der Waals surface area contributed by atoms with Crippen molar-refractivity contribution in [2.75, 3.05) is 19.6 Å². The predicted octanol–water partition coefficient (Wildman–Crippen LogP) is 2.18. The smallest absolute Gasteiger partial charge is 0.255 e. The lowest BCUT2D eigenvalue weighted by atomic mass is 10.1. The van der Waals surface area contributed by atoms with Crippen LogP contribution in [0.5, 0.6) is 0 Å². The number of pyridine rings is 1. The van der Waals surface area contributed by atoms with Gasteiger partial charge in [0, 0.05) is 43.6 Å². The summed E-state index contributed by atoms with van der Waals surface area (Å²) in [4.78, 5) is 18.7. The van der Waals surface area contributed by atoms with Crippen LogP contribution in [0.3, 0.4) is 0 Å². The number of amides is 1. The van der Waals surface area contributed by atoms with Crippen molar-refractivity contribution >= 4 is 5.91 Å². The number of rotatable bonds is 2. The largest absolute Gasteiger partial charge is 0.336 e. The average molecular weight is 281 g/mol. The van der Waals surface area contributed by atoms with E-state index in [1.807, 2.05) is 41.3 Å². The van der Waals surface area contributed by atoms with Gasteiger partial charge in [0.25, 0.3) is 5.91 Å². The highest BCUT2D eigenvalue weighted by atomic mass is 16.2. The fourth-order valence-electron chi connectivity index (χ4n) is 2.64. The fraction of sp³-hybridized carbons (Fsp3) is 0.294. The van der Waals surface area contributed by atoms with Crippen LogP contribution in [0.1, 0.15) is 17.3 Å². The number of carbonyl (C=O) groups is 1. The minimum atomic E-state index is 0.0635. The highest BCUT2D eigenvalue weighted by molar-refractivity contribution is 5.95. The normalized spacial score (nSPS) is 18.5. The number of nitrogens with one attached hydrogen (secondary N) is 1. The molecule has 0 saturated carbocycles. The van der Waals surface area contributed by atoms with E-state index in [2.05, 4.69) is 17.2 Å². The molecule has 0 aliphatic carbocycles. The number of piperazine rings is 1. The Balaban J connectivity index is 1.84. The summed E-state index contributed by atoms with van der Waals surface area (Å²) in [5.74, 6) is 0.0635. The van der Waals surface area contributed by atoms with Crippen LogP contribution in [0, 0.1) is 0 Å². The summed E-state index contributed by atoms with van der Waals surface area (Å²) in [5, 5.41) is 3.35. The summed E-state index contributed by atoms with van der Waals surface area (Å²) in [6, 6.07) is 12.3. The Morgan fingerprint density at radius 1 is 1.24 bits per heavy atom. The number of hydrogen-bond donors (Lipinski definition) is 1. The molecule has 21 heavy (non-hydrogen) atoms. The molecule has 0 radical (unpaired) electrons. The van der Waals surface area contributed by atoms with Crippen LogP contribution in [-0.2, 0) is 0 Å². The monoisotopic (exact) mass is 281 g/mol. The molecule has 2 heterocycles. The molecule has 4 heteroatoms. The van der Waals surface area contributed by atoms with Gasteiger partial charge in [-0.05, 0) is 18.6 Å². The van der Waals surface area contributed by atoms with Crippen LogP contribution in [0.2, 0.25) is 0 Å². The van der Waals surface area contributed by atoms with E-state index in [0.29, 0.717) is 11.6 Å². The minimum absolute atomic E-state index is 0.0635. The molecule has 108 valence electrons. The maximum atomic E-state index is 12.6. The molecule has 1 atom stereocenters. The van der Waals surface area contributed by atoms with Crippen molar-refractivity contribution < 1.29 is 4.79 Å². The van der Waals surface area contributed by atoms with E-state index in [0.717, 1.165) is 30.8 Å². The maximum absolute atomic E-state index is 12.6. The van der Waals surface area contributed by atoms with Gasteiger partial charge in [-0.1, -0.05) is 30.3 Å². The second kappa shape index (κ2) is 6.06. The lowest BCUT2D eigenvalue weighted by Gasteiger charge is -2.31. The van der Waals surface area contributed by atoms with Crippen molar-refractivity contribution in [3.05, 3.63) is 54.4 Å². The molecule has 3 rings (SSSR count). The van der Waals surface area contributed by atoms with Crippen molar-refractivity contribution in [2.45, 2.75) is 13.0 Å². The predicted molar refractivity (Wildman–Crippen MR) is 83.0 cm³/mol. The molecule has 4 nitrogen and oxygen atoms in total. The van der Waals surface area contributed by atoms with E-state index >= 15 is 0 Å². The van der Waals surface area contributed by atoms with Crippen LogP contribution in [0.25, 0.3) is 11.1 Å². The molecule has 1 aromatic heterocycles. The molecule has 2 aromatic rings. The van der Waals surface area contributed by atoms with Crippen LogP contribution in [0.4, 0.5) is 0 Å². The second-order valence-corrected chi connectivity index (χ2v) is 5.43. The summed E-state index contributed by atoms with van der Waals surface area (Å²) in [5.41, 5.74) is 2.71. The van der Waals surface area contributed by atoms with Crippen LogP contribution in [0.15, 0.2) is 48.8 Å². The molecule has 0 bridgehead atoms. The molecule has 1 saturated heterocycles. The van der Waals surface area contributed by atoms with Crippen molar-refractivity contribution in [1.29, 1.82) is 0 Å². The first kappa shape index (κ1) is 13.8. The van der Waals surface area contributed by atoms with Gasteiger partial charge in [-0.2, -0.15) is 0 Å².